The summed E-state index contributed by atoms with van der Waals surface area (Å²) in [6.45, 7) is 23.6. The first-order valence-electron chi connectivity index (χ1n) is 14.8. The molecule has 0 aliphatic heterocycles. The Bertz CT molecular complexity index is 645. The van der Waals surface area contributed by atoms with Crippen molar-refractivity contribution in [3.8, 4) is 0 Å². The maximum Gasteiger partial charge on any atom is 0.0701 e. The third kappa shape index (κ3) is 29.5. The van der Waals surface area contributed by atoms with E-state index in [1.54, 1.807) is 0 Å². The molecule has 0 fully saturated rings. The maximum atomic E-state index is 5.57. The van der Waals surface area contributed by atoms with Crippen molar-refractivity contribution in [1.29, 1.82) is 0 Å². The Hall–Kier alpha value is -1.48. The van der Waals surface area contributed by atoms with Crippen molar-refractivity contribution in [2.24, 2.45) is 5.92 Å². The van der Waals surface area contributed by atoms with Gasteiger partial charge in [0.05, 0.1) is 111 Å². The number of hydrogen-bond donors (Lipinski definition) is 1. The van der Waals surface area contributed by atoms with Crippen LogP contribution in [0.2, 0.25) is 0 Å². The SMILES string of the molecule is C=C=C(CC)CCOCCOCCOCCOCCOCCOCCOCCOCCNC(=C=C)CCC(C)C. The van der Waals surface area contributed by atoms with Gasteiger partial charge in [-0.25, -0.2) is 0 Å². The standard InChI is InChI=1S/C31H57NO8/c1-6-30(7-2)11-13-33-15-17-35-19-21-37-23-25-39-27-28-40-26-24-38-22-20-36-18-16-34-14-12-32-31(8-3)10-9-29(4)5/h29,32H,1,3,7,9-28H2,2,4-5H3. The zero-order valence-corrected chi connectivity index (χ0v) is 25.6. The fourth-order valence-electron chi connectivity index (χ4n) is 3.17. The Morgan fingerprint density at radius 2 is 0.925 bits per heavy atom. The third-order valence-electron chi connectivity index (χ3n) is 5.60. The van der Waals surface area contributed by atoms with E-state index < -0.39 is 0 Å². The lowest BCUT2D eigenvalue weighted by Gasteiger charge is -2.11. The fourth-order valence-corrected chi connectivity index (χ4v) is 3.17. The smallest absolute Gasteiger partial charge is 0.0701 e. The molecule has 0 aliphatic rings. The number of rotatable bonds is 32. The summed E-state index contributed by atoms with van der Waals surface area (Å²) in [5.41, 5.74) is 8.15. The van der Waals surface area contributed by atoms with E-state index >= 15 is 0 Å². The second-order valence-electron chi connectivity index (χ2n) is 9.30. The zero-order chi connectivity index (χ0) is 29.4. The molecule has 0 amide bonds. The highest BCUT2D eigenvalue weighted by Crippen LogP contribution is 2.08. The average Bonchev–Trinajstić information content (AvgIpc) is 2.96. The number of allylic oxidation sites excluding steroid dienone is 1. The van der Waals surface area contributed by atoms with Crippen molar-refractivity contribution < 1.29 is 37.9 Å². The molecule has 0 aliphatic carbocycles. The number of hydrogen-bond acceptors (Lipinski definition) is 9. The Morgan fingerprint density at radius 1 is 0.550 bits per heavy atom. The van der Waals surface area contributed by atoms with Crippen LogP contribution in [0.3, 0.4) is 0 Å². The topological polar surface area (TPSA) is 85.9 Å². The summed E-state index contributed by atoms with van der Waals surface area (Å²) in [6, 6.07) is 0. The lowest BCUT2D eigenvalue weighted by molar-refractivity contribution is -0.0229. The second kappa shape index (κ2) is 32.0. The first kappa shape index (κ1) is 38.5. The molecule has 9 heteroatoms. The normalized spacial score (nSPS) is 11.0. The van der Waals surface area contributed by atoms with Gasteiger partial charge in [-0.3, -0.25) is 0 Å². The van der Waals surface area contributed by atoms with Crippen LogP contribution < -0.4 is 5.32 Å². The van der Waals surface area contributed by atoms with Gasteiger partial charge in [0.15, 0.2) is 0 Å². The molecule has 0 aromatic carbocycles. The van der Waals surface area contributed by atoms with Crippen LogP contribution in [-0.2, 0) is 37.9 Å². The molecule has 0 saturated carbocycles. The first-order valence-corrected chi connectivity index (χ1v) is 14.8. The van der Waals surface area contributed by atoms with Gasteiger partial charge < -0.3 is 43.2 Å². The van der Waals surface area contributed by atoms with E-state index in [4.69, 9.17) is 37.9 Å². The maximum absolute atomic E-state index is 5.57. The van der Waals surface area contributed by atoms with Crippen LogP contribution in [0, 0.1) is 5.92 Å². The largest absolute Gasteiger partial charge is 0.380 e. The molecule has 0 aromatic heterocycles. The van der Waals surface area contributed by atoms with Gasteiger partial charge >= 0.3 is 0 Å². The van der Waals surface area contributed by atoms with Gasteiger partial charge in [-0.2, -0.15) is 0 Å². The van der Waals surface area contributed by atoms with E-state index in [1.807, 2.05) is 0 Å². The van der Waals surface area contributed by atoms with E-state index in [9.17, 15) is 0 Å². The molecular formula is C31H57NO8. The Kier molecular flexibility index (Phi) is 30.9. The number of nitrogens with one attached hydrogen (secondary N) is 1. The highest BCUT2D eigenvalue weighted by molar-refractivity contribution is 4.97. The summed E-state index contributed by atoms with van der Waals surface area (Å²) < 4.78 is 44.0. The summed E-state index contributed by atoms with van der Waals surface area (Å²) in [5.74, 6) is 0.672. The summed E-state index contributed by atoms with van der Waals surface area (Å²) >= 11 is 0. The Labute approximate surface area is 243 Å². The molecule has 0 bridgehead atoms. The predicted molar refractivity (Wildman–Crippen MR) is 159 cm³/mol. The minimum atomic E-state index is 0.527. The Morgan fingerprint density at radius 3 is 1.25 bits per heavy atom. The molecule has 0 aromatic rings. The molecule has 0 radical (unpaired) electrons. The van der Waals surface area contributed by atoms with E-state index in [-0.39, 0.29) is 0 Å². The lowest BCUT2D eigenvalue weighted by atomic mass is 10.1. The van der Waals surface area contributed by atoms with Crippen molar-refractivity contribution >= 4 is 0 Å². The van der Waals surface area contributed by atoms with Crippen LogP contribution in [0.5, 0.6) is 0 Å². The van der Waals surface area contributed by atoms with Crippen molar-refractivity contribution in [1.82, 2.24) is 5.32 Å². The van der Waals surface area contributed by atoms with Gasteiger partial charge in [0.2, 0.25) is 0 Å². The van der Waals surface area contributed by atoms with Crippen LogP contribution in [-0.4, -0.2) is 112 Å². The monoisotopic (exact) mass is 571 g/mol. The van der Waals surface area contributed by atoms with Gasteiger partial charge in [0.1, 0.15) is 0 Å². The highest BCUT2D eigenvalue weighted by Gasteiger charge is 2.00. The van der Waals surface area contributed by atoms with Gasteiger partial charge in [-0.1, -0.05) is 33.9 Å². The molecule has 0 atom stereocenters. The van der Waals surface area contributed by atoms with Gasteiger partial charge in [0, 0.05) is 6.54 Å². The zero-order valence-electron chi connectivity index (χ0n) is 25.6. The molecule has 0 spiro atoms. The molecule has 0 rings (SSSR count). The second-order valence-corrected chi connectivity index (χ2v) is 9.30. The van der Waals surface area contributed by atoms with E-state index in [2.05, 4.69) is 50.7 Å². The third-order valence-corrected chi connectivity index (χ3v) is 5.60. The summed E-state index contributed by atoms with van der Waals surface area (Å²) in [4.78, 5) is 0. The van der Waals surface area contributed by atoms with Crippen LogP contribution in [0.15, 0.2) is 35.9 Å². The fraction of sp³-hybridized carbons (Fsp3) is 0.806. The predicted octanol–water partition coefficient (Wildman–Crippen LogP) is 4.33. The summed E-state index contributed by atoms with van der Waals surface area (Å²) in [5, 5.41) is 3.32. The average molecular weight is 572 g/mol. The number of ether oxygens (including phenoxy) is 8. The van der Waals surface area contributed by atoms with Crippen molar-refractivity contribution in [3.05, 3.63) is 35.9 Å². The Balaban J connectivity index is 3.17. The minimum absolute atomic E-state index is 0.527. The van der Waals surface area contributed by atoms with Crippen molar-refractivity contribution in [2.75, 3.05) is 112 Å². The molecule has 0 heterocycles. The van der Waals surface area contributed by atoms with Crippen LogP contribution in [0.4, 0.5) is 0 Å². The van der Waals surface area contributed by atoms with Gasteiger partial charge in [-0.05, 0) is 37.2 Å². The van der Waals surface area contributed by atoms with E-state index in [1.165, 1.54) is 5.57 Å². The highest BCUT2D eigenvalue weighted by atomic mass is 16.6. The molecular weight excluding hydrogens is 514 g/mol. The minimum Gasteiger partial charge on any atom is -0.380 e. The molecule has 40 heavy (non-hydrogen) atoms. The summed E-state index contributed by atoms with van der Waals surface area (Å²) in [6.07, 6.45) is 3.95. The van der Waals surface area contributed by atoms with Crippen molar-refractivity contribution in [2.45, 2.75) is 46.5 Å². The van der Waals surface area contributed by atoms with Gasteiger partial charge in [-0.15, -0.1) is 11.5 Å². The summed E-state index contributed by atoms with van der Waals surface area (Å²) in [7, 11) is 0. The molecule has 234 valence electrons. The van der Waals surface area contributed by atoms with E-state index in [0.29, 0.717) is 112 Å². The van der Waals surface area contributed by atoms with Crippen LogP contribution in [0.1, 0.15) is 46.5 Å². The molecule has 0 saturated heterocycles. The van der Waals surface area contributed by atoms with Crippen molar-refractivity contribution in [3.63, 3.8) is 0 Å². The van der Waals surface area contributed by atoms with E-state index in [0.717, 1.165) is 37.9 Å². The lowest BCUT2D eigenvalue weighted by Crippen LogP contribution is -2.20. The molecule has 1 N–H and O–H groups in total. The molecule has 0 unspecified atom stereocenters. The van der Waals surface area contributed by atoms with Crippen LogP contribution in [0.25, 0.3) is 0 Å². The quantitative estimate of drug-likeness (QED) is 0.0937. The van der Waals surface area contributed by atoms with Crippen LogP contribution >= 0.6 is 0 Å². The first-order chi connectivity index (χ1) is 19.6. The molecule has 9 nitrogen and oxygen atoms in total. The van der Waals surface area contributed by atoms with Gasteiger partial charge in [0.25, 0.3) is 0 Å².